The third-order valence-electron chi connectivity index (χ3n) is 4.47. The first-order valence-corrected chi connectivity index (χ1v) is 10.9. The molecule has 1 heterocycles. The summed E-state index contributed by atoms with van der Waals surface area (Å²) < 4.78 is 5.94. The van der Waals surface area contributed by atoms with Gasteiger partial charge in [-0.05, 0) is 42.0 Å². The van der Waals surface area contributed by atoms with Crippen LogP contribution in [-0.4, -0.2) is 23.2 Å². The fourth-order valence-electron chi connectivity index (χ4n) is 3.10. The van der Waals surface area contributed by atoms with Crippen molar-refractivity contribution >= 4 is 46.7 Å². The van der Waals surface area contributed by atoms with Gasteiger partial charge in [-0.25, -0.2) is 4.79 Å². The molecule has 0 aromatic heterocycles. The highest BCUT2D eigenvalue weighted by Gasteiger charge is 2.31. The number of ether oxygens (including phenoxy) is 1. The number of rotatable bonds is 4. The van der Waals surface area contributed by atoms with Gasteiger partial charge in [0.05, 0.1) is 15.7 Å². The fourth-order valence-corrected chi connectivity index (χ4v) is 4.69. The number of anilines is 1. The molecule has 3 aromatic rings. The third-order valence-corrected chi connectivity index (χ3v) is 6.55. The number of para-hydroxylation sites is 1. The van der Waals surface area contributed by atoms with Crippen molar-refractivity contribution < 1.29 is 9.53 Å². The van der Waals surface area contributed by atoms with Crippen molar-refractivity contribution in [3.63, 3.8) is 0 Å². The summed E-state index contributed by atoms with van der Waals surface area (Å²) in [5.74, 6) is 2.36. The minimum absolute atomic E-state index is 0.104. The number of nitrogens with one attached hydrogen (secondary N) is 1. The largest absolute Gasteiger partial charge is 0.457 e. The monoisotopic (exact) mass is 444 g/mol. The van der Waals surface area contributed by atoms with Gasteiger partial charge in [0, 0.05) is 12.3 Å². The van der Waals surface area contributed by atoms with Gasteiger partial charge in [-0.15, -0.1) is 11.8 Å². The molecule has 1 fully saturated rings. The van der Waals surface area contributed by atoms with Gasteiger partial charge < -0.3 is 15.0 Å². The van der Waals surface area contributed by atoms with E-state index in [-0.39, 0.29) is 11.4 Å². The lowest BCUT2D eigenvalue weighted by Gasteiger charge is -2.25. The number of urea groups is 1. The summed E-state index contributed by atoms with van der Waals surface area (Å²) in [4.78, 5) is 14.7. The molecule has 0 bridgehead atoms. The van der Waals surface area contributed by atoms with E-state index < -0.39 is 0 Å². The first-order chi connectivity index (χ1) is 14.1. The van der Waals surface area contributed by atoms with E-state index in [0.29, 0.717) is 22.3 Å². The Bertz CT molecular complexity index is 1020. The van der Waals surface area contributed by atoms with E-state index in [1.807, 2.05) is 54.6 Å². The molecule has 0 aliphatic carbocycles. The van der Waals surface area contributed by atoms with Crippen molar-refractivity contribution in [3.8, 4) is 11.5 Å². The smallest absolute Gasteiger partial charge is 0.323 e. The predicted molar refractivity (Wildman–Crippen MR) is 120 cm³/mol. The highest BCUT2D eigenvalue weighted by atomic mass is 35.5. The zero-order valence-electron chi connectivity index (χ0n) is 15.3. The molecular formula is C22H18Cl2N2O2S. The second kappa shape index (κ2) is 8.99. The highest BCUT2D eigenvalue weighted by molar-refractivity contribution is 7.99. The maximum Gasteiger partial charge on any atom is 0.323 e. The van der Waals surface area contributed by atoms with Crippen molar-refractivity contribution in [2.75, 3.05) is 17.6 Å². The van der Waals surface area contributed by atoms with Crippen LogP contribution in [0.15, 0.2) is 72.8 Å². The van der Waals surface area contributed by atoms with E-state index in [9.17, 15) is 4.79 Å². The highest BCUT2D eigenvalue weighted by Crippen LogP contribution is 2.40. The number of carbonyl (C=O) groups is 1. The molecule has 3 aromatic carbocycles. The van der Waals surface area contributed by atoms with Gasteiger partial charge in [0.1, 0.15) is 16.9 Å². The zero-order chi connectivity index (χ0) is 20.2. The summed E-state index contributed by atoms with van der Waals surface area (Å²) in [6.45, 7) is 0.642. The Hall–Kier alpha value is -2.34. The molecule has 1 N–H and O–H groups in total. The van der Waals surface area contributed by atoms with Gasteiger partial charge in [0.15, 0.2) is 0 Å². The third kappa shape index (κ3) is 4.64. The average molecular weight is 445 g/mol. The molecule has 1 unspecified atom stereocenters. The molecule has 29 heavy (non-hydrogen) atoms. The Morgan fingerprint density at radius 1 is 1.00 bits per heavy atom. The Balaban J connectivity index is 1.51. The first kappa shape index (κ1) is 20.0. The molecule has 7 heteroatoms. The van der Waals surface area contributed by atoms with Gasteiger partial charge in [-0.2, -0.15) is 0 Å². The maximum atomic E-state index is 12.9. The topological polar surface area (TPSA) is 41.6 Å². The minimum Gasteiger partial charge on any atom is -0.457 e. The van der Waals surface area contributed by atoms with Crippen LogP contribution in [0.25, 0.3) is 0 Å². The second-order valence-corrected chi connectivity index (χ2v) is 8.41. The van der Waals surface area contributed by atoms with E-state index in [1.54, 1.807) is 34.9 Å². The average Bonchev–Trinajstić information content (AvgIpc) is 3.23. The van der Waals surface area contributed by atoms with Gasteiger partial charge in [0.25, 0.3) is 0 Å². The first-order valence-electron chi connectivity index (χ1n) is 9.08. The second-order valence-electron chi connectivity index (χ2n) is 6.44. The van der Waals surface area contributed by atoms with E-state index in [2.05, 4.69) is 5.32 Å². The van der Waals surface area contributed by atoms with Gasteiger partial charge in [0.2, 0.25) is 0 Å². The number of thioether (sulfide) groups is 1. The Kier molecular flexibility index (Phi) is 6.19. The van der Waals surface area contributed by atoms with Crippen LogP contribution in [-0.2, 0) is 0 Å². The summed E-state index contributed by atoms with van der Waals surface area (Å²) >= 11 is 14.0. The normalized spacial score (nSPS) is 15.9. The number of halogens is 2. The van der Waals surface area contributed by atoms with Crippen molar-refractivity contribution in [1.82, 2.24) is 4.90 Å². The Morgan fingerprint density at radius 2 is 1.76 bits per heavy atom. The van der Waals surface area contributed by atoms with Crippen molar-refractivity contribution in [2.24, 2.45) is 0 Å². The summed E-state index contributed by atoms with van der Waals surface area (Å²) in [6, 6.07) is 22.4. The Morgan fingerprint density at radius 3 is 2.59 bits per heavy atom. The number of nitrogens with zero attached hydrogens (tertiary/aromatic N) is 1. The van der Waals surface area contributed by atoms with E-state index in [1.165, 1.54) is 0 Å². The molecule has 1 saturated heterocycles. The molecule has 148 valence electrons. The summed E-state index contributed by atoms with van der Waals surface area (Å²) in [7, 11) is 0. The van der Waals surface area contributed by atoms with Crippen molar-refractivity contribution in [2.45, 2.75) is 5.37 Å². The van der Waals surface area contributed by atoms with Crippen LogP contribution in [0.1, 0.15) is 10.9 Å². The number of hydrogen-bond donors (Lipinski definition) is 1. The minimum atomic E-state index is -0.210. The molecular weight excluding hydrogens is 427 g/mol. The summed E-state index contributed by atoms with van der Waals surface area (Å²) in [6.07, 6.45) is 0. The molecule has 4 rings (SSSR count). The fraction of sp³-hybridized carbons (Fsp3) is 0.136. The summed E-state index contributed by atoms with van der Waals surface area (Å²) in [5, 5.41) is 3.51. The van der Waals surface area contributed by atoms with Crippen LogP contribution in [0.5, 0.6) is 11.5 Å². The maximum absolute atomic E-state index is 12.9. The van der Waals surface area contributed by atoms with E-state index >= 15 is 0 Å². The van der Waals surface area contributed by atoms with Crippen LogP contribution in [0, 0.1) is 0 Å². The number of hydrogen-bond acceptors (Lipinski definition) is 3. The lowest BCUT2D eigenvalue weighted by molar-refractivity contribution is 0.214. The van der Waals surface area contributed by atoms with Crippen LogP contribution < -0.4 is 10.1 Å². The molecule has 2 amide bonds. The van der Waals surface area contributed by atoms with Gasteiger partial charge in [-0.1, -0.05) is 59.6 Å². The van der Waals surface area contributed by atoms with Crippen LogP contribution in [0.4, 0.5) is 10.5 Å². The van der Waals surface area contributed by atoms with Crippen LogP contribution in [0.2, 0.25) is 10.0 Å². The molecule has 0 radical (unpaired) electrons. The molecule has 1 aliphatic heterocycles. The molecule has 1 aliphatic rings. The van der Waals surface area contributed by atoms with Gasteiger partial charge in [-0.3, -0.25) is 0 Å². The zero-order valence-corrected chi connectivity index (χ0v) is 17.7. The van der Waals surface area contributed by atoms with E-state index in [4.69, 9.17) is 27.9 Å². The Labute approximate surface area is 183 Å². The van der Waals surface area contributed by atoms with Crippen molar-refractivity contribution in [1.29, 1.82) is 0 Å². The SMILES string of the molecule is O=C(Nc1cccc(Cl)c1Cl)N1CCSC1c1cccc(Oc2ccccc2)c1. The van der Waals surface area contributed by atoms with Gasteiger partial charge >= 0.3 is 6.03 Å². The quantitative estimate of drug-likeness (QED) is 0.467. The van der Waals surface area contributed by atoms with Crippen LogP contribution in [0.3, 0.4) is 0 Å². The lowest BCUT2D eigenvalue weighted by Crippen LogP contribution is -2.34. The molecule has 0 spiro atoms. The van der Waals surface area contributed by atoms with Crippen molar-refractivity contribution in [3.05, 3.63) is 88.4 Å². The molecule has 4 nitrogen and oxygen atoms in total. The standard InChI is InChI=1S/C22H18Cl2N2O2S/c23-18-10-5-11-19(20(18)24)25-22(27)26-12-13-29-21(26)15-6-4-9-17(14-15)28-16-7-2-1-3-8-16/h1-11,14,21H,12-13H2,(H,25,27). The summed E-state index contributed by atoms with van der Waals surface area (Å²) in [5.41, 5.74) is 1.51. The number of benzene rings is 3. The van der Waals surface area contributed by atoms with Crippen LogP contribution >= 0.6 is 35.0 Å². The number of amides is 2. The molecule has 1 atom stereocenters. The predicted octanol–water partition coefficient (Wildman–Crippen LogP) is 7.07. The lowest BCUT2D eigenvalue weighted by atomic mass is 10.2. The molecule has 0 saturated carbocycles. The number of carbonyl (C=O) groups excluding carboxylic acids is 1. The van der Waals surface area contributed by atoms with E-state index in [0.717, 1.165) is 22.8 Å².